The zero-order valence-electron chi connectivity index (χ0n) is 39.2. The Labute approximate surface area is 381 Å². The molecule has 346 valence electrons. The number of ether oxygens (including phenoxy) is 2. The van der Waals surface area contributed by atoms with Gasteiger partial charge < -0.3 is 44.8 Å². The Hall–Kier alpha value is -6.12. The van der Waals surface area contributed by atoms with Crippen LogP contribution in [0, 0.1) is 11.8 Å². The number of nitrogens with one attached hydrogen (secondary N) is 4. The molecule has 65 heavy (non-hydrogen) atoms. The number of amides is 4. The van der Waals surface area contributed by atoms with Crippen molar-refractivity contribution in [3.63, 3.8) is 0 Å². The number of hydrogen-bond donors (Lipinski definition) is 4. The normalized spacial score (nSPS) is 21.1. The van der Waals surface area contributed by atoms with Crippen molar-refractivity contribution in [2.24, 2.45) is 11.8 Å². The Kier molecular flexibility index (Phi) is 12.9. The maximum absolute atomic E-state index is 13.9. The van der Waals surface area contributed by atoms with Crippen LogP contribution in [0.2, 0.25) is 0 Å². The standard InChI is InChI=1S/C50H65N9O6/c1-28(2)42(55-48(62)64-8)46(60)57-24-10-12-40(57)44-51-34-20-14-30(26-36(34)53-44)38-22-23-39(59(38)33-18-16-32(17-19-33)50(5,6)7)31-15-21-35-37(27-31)54-45(52-35)41-13-11-25-58(41)47(61)43(29(3)4)56-49(63)65-9/h14-21,26-29,38-43H,10-13,22-25H2,1-9H3,(H,51,53)(H,52,54)(H,55,62)(H,56,63)/t38?,39?,40-,41?,42-,43-/m0/s1. The van der Waals surface area contributed by atoms with Crippen LogP contribution in [0.1, 0.15) is 139 Å². The van der Waals surface area contributed by atoms with Crippen molar-refractivity contribution < 1.29 is 28.7 Å². The van der Waals surface area contributed by atoms with Crippen molar-refractivity contribution in [1.29, 1.82) is 0 Å². The molecule has 3 aromatic carbocycles. The van der Waals surface area contributed by atoms with Crippen molar-refractivity contribution >= 4 is 51.8 Å². The molecule has 0 saturated carbocycles. The second kappa shape index (κ2) is 18.4. The second-order valence-electron chi connectivity index (χ2n) is 19.7. The number of fused-ring (bicyclic) bond motifs is 2. The van der Waals surface area contributed by atoms with Gasteiger partial charge in [-0.2, -0.15) is 0 Å². The fraction of sp³-hybridized carbons (Fsp3) is 0.520. The fourth-order valence-corrected chi connectivity index (χ4v) is 10.2. The van der Waals surface area contributed by atoms with Gasteiger partial charge >= 0.3 is 12.2 Å². The molecule has 5 aromatic rings. The van der Waals surface area contributed by atoms with Crippen LogP contribution in [0.5, 0.6) is 0 Å². The monoisotopic (exact) mass is 888 g/mol. The predicted molar refractivity (Wildman–Crippen MR) is 250 cm³/mol. The Morgan fingerprint density at radius 1 is 0.631 bits per heavy atom. The summed E-state index contributed by atoms with van der Waals surface area (Å²) >= 11 is 0. The van der Waals surface area contributed by atoms with Gasteiger partial charge in [-0.15, -0.1) is 0 Å². The molecular formula is C50H65N9O6. The summed E-state index contributed by atoms with van der Waals surface area (Å²) in [4.78, 5) is 75.6. The summed E-state index contributed by atoms with van der Waals surface area (Å²) in [5.41, 5.74) is 8.29. The van der Waals surface area contributed by atoms with E-state index in [0.29, 0.717) is 13.1 Å². The van der Waals surface area contributed by atoms with E-state index in [2.05, 4.69) is 107 Å². The molecule has 0 bridgehead atoms. The Morgan fingerprint density at radius 2 is 1.06 bits per heavy atom. The smallest absolute Gasteiger partial charge is 0.407 e. The van der Waals surface area contributed by atoms with Crippen molar-refractivity contribution in [3.05, 3.63) is 89.0 Å². The molecule has 4 N–H and O–H groups in total. The van der Waals surface area contributed by atoms with E-state index in [1.807, 2.05) is 37.5 Å². The maximum atomic E-state index is 13.9. The van der Waals surface area contributed by atoms with Gasteiger partial charge in [0.2, 0.25) is 11.8 Å². The van der Waals surface area contributed by atoms with Crippen molar-refractivity contribution in [1.82, 2.24) is 40.4 Å². The first kappa shape index (κ1) is 45.4. The van der Waals surface area contributed by atoms with E-state index >= 15 is 0 Å². The van der Waals surface area contributed by atoms with Gasteiger partial charge in [-0.05, 0) is 109 Å². The number of H-pyrrole nitrogens is 2. The number of benzene rings is 3. The van der Waals surface area contributed by atoms with Gasteiger partial charge in [-0.25, -0.2) is 19.6 Å². The van der Waals surface area contributed by atoms with Crippen LogP contribution in [0.15, 0.2) is 60.7 Å². The Morgan fingerprint density at radius 3 is 1.45 bits per heavy atom. The molecule has 0 radical (unpaired) electrons. The highest BCUT2D eigenvalue weighted by Crippen LogP contribution is 2.48. The summed E-state index contributed by atoms with van der Waals surface area (Å²) in [7, 11) is 2.60. The molecule has 6 atom stereocenters. The summed E-state index contributed by atoms with van der Waals surface area (Å²) in [6.07, 6.45) is 3.84. The number of carbonyl (C=O) groups excluding carboxylic acids is 4. The topological polar surface area (TPSA) is 178 Å². The first-order chi connectivity index (χ1) is 31.1. The van der Waals surface area contributed by atoms with E-state index in [-0.39, 0.29) is 53.2 Å². The van der Waals surface area contributed by atoms with Crippen LogP contribution in [0.25, 0.3) is 22.1 Å². The average molecular weight is 888 g/mol. The highest BCUT2D eigenvalue weighted by molar-refractivity contribution is 5.87. The number of imidazole rings is 2. The van der Waals surface area contributed by atoms with E-state index < -0.39 is 24.3 Å². The van der Waals surface area contributed by atoms with Crippen molar-refractivity contribution in [2.75, 3.05) is 32.2 Å². The zero-order valence-corrected chi connectivity index (χ0v) is 39.2. The lowest BCUT2D eigenvalue weighted by Gasteiger charge is -2.34. The Bertz CT molecular complexity index is 2390. The van der Waals surface area contributed by atoms with Gasteiger partial charge in [0.15, 0.2) is 0 Å². The zero-order chi connectivity index (χ0) is 46.3. The van der Waals surface area contributed by atoms with E-state index in [4.69, 9.17) is 19.4 Å². The predicted octanol–water partition coefficient (Wildman–Crippen LogP) is 8.91. The van der Waals surface area contributed by atoms with Crippen LogP contribution in [-0.4, -0.2) is 93.1 Å². The van der Waals surface area contributed by atoms with E-state index in [9.17, 15) is 19.2 Å². The van der Waals surface area contributed by atoms with Gasteiger partial charge in [-0.1, -0.05) is 72.7 Å². The lowest BCUT2D eigenvalue weighted by Crippen LogP contribution is -2.51. The van der Waals surface area contributed by atoms with Gasteiger partial charge in [-0.3, -0.25) is 9.59 Å². The number of aromatic nitrogens is 4. The van der Waals surface area contributed by atoms with Gasteiger partial charge in [0, 0.05) is 18.8 Å². The van der Waals surface area contributed by atoms with Gasteiger partial charge in [0.05, 0.1) is 60.5 Å². The van der Waals surface area contributed by atoms with E-state index in [1.54, 1.807) is 0 Å². The first-order valence-corrected chi connectivity index (χ1v) is 23.2. The Balaban J connectivity index is 1.09. The highest BCUT2D eigenvalue weighted by atomic mass is 16.5. The number of likely N-dealkylation sites (tertiary alicyclic amines) is 2. The quantitative estimate of drug-likeness (QED) is 0.101. The summed E-state index contributed by atoms with van der Waals surface area (Å²) in [6, 6.07) is 20.2. The molecule has 3 aliphatic heterocycles. The van der Waals surface area contributed by atoms with E-state index in [1.165, 1.54) is 30.9 Å². The van der Waals surface area contributed by atoms with Gasteiger partial charge in [0.25, 0.3) is 0 Å². The maximum Gasteiger partial charge on any atom is 0.407 e. The van der Waals surface area contributed by atoms with Crippen LogP contribution < -0.4 is 15.5 Å². The molecule has 3 fully saturated rings. The summed E-state index contributed by atoms with van der Waals surface area (Å²) in [5.74, 6) is 0.984. The molecule has 3 aliphatic rings. The van der Waals surface area contributed by atoms with Crippen LogP contribution in [0.3, 0.4) is 0 Å². The third kappa shape index (κ3) is 9.11. The second-order valence-corrected chi connectivity index (χ2v) is 19.7. The molecule has 4 amide bonds. The molecular weight excluding hydrogens is 823 g/mol. The van der Waals surface area contributed by atoms with Crippen LogP contribution in [0.4, 0.5) is 15.3 Å². The molecule has 0 spiro atoms. The van der Waals surface area contributed by atoms with Crippen molar-refractivity contribution in [2.45, 2.75) is 129 Å². The number of anilines is 1. The first-order valence-electron chi connectivity index (χ1n) is 23.2. The molecule has 15 heteroatoms. The minimum Gasteiger partial charge on any atom is -0.453 e. The third-order valence-electron chi connectivity index (χ3n) is 13.7. The number of alkyl carbamates (subject to hydrolysis) is 2. The van der Waals surface area contributed by atoms with E-state index in [0.717, 1.165) is 77.9 Å². The molecule has 2 aromatic heterocycles. The van der Waals surface area contributed by atoms with Crippen LogP contribution in [-0.2, 0) is 24.5 Å². The molecule has 0 aliphatic carbocycles. The molecule has 3 saturated heterocycles. The number of nitrogens with zero attached hydrogens (tertiary/aromatic N) is 5. The summed E-state index contributed by atoms with van der Waals surface area (Å²) in [6.45, 7) is 15.5. The number of carbonyl (C=O) groups is 4. The minimum absolute atomic E-state index is 0.00913. The molecule has 5 heterocycles. The number of hydrogen-bond acceptors (Lipinski definition) is 9. The third-order valence-corrected chi connectivity index (χ3v) is 13.7. The minimum atomic E-state index is -0.706. The summed E-state index contributed by atoms with van der Waals surface area (Å²) in [5, 5.41) is 5.49. The van der Waals surface area contributed by atoms with Crippen LogP contribution >= 0.6 is 0 Å². The number of rotatable bonds is 11. The molecule has 3 unspecified atom stereocenters. The lowest BCUT2D eigenvalue weighted by atomic mass is 9.87. The lowest BCUT2D eigenvalue weighted by molar-refractivity contribution is -0.136. The number of methoxy groups -OCH3 is 2. The number of aromatic amines is 2. The van der Waals surface area contributed by atoms with Crippen molar-refractivity contribution in [3.8, 4) is 0 Å². The summed E-state index contributed by atoms with van der Waals surface area (Å²) < 4.78 is 9.66. The SMILES string of the molecule is COC(=O)N[C@H](C(=O)N1CCCC1c1nc2ccc(C3CCC(c4ccc5nc([C@@H]6CCCN6C(=O)[C@@H](NC(=O)OC)C(C)C)[nH]c5c4)N3c3ccc(C(C)(C)C)cc3)cc2[nH]1)C(C)C. The fourth-order valence-electron chi connectivity index (χ4n) is 10.2. The van der Waals surface area contributed by atoms with Gasteiger partial charge in [0.1, 0.15) is 23.7 Å². The highest BCUT2D eigenvalue weighted by Gasteiger charge is 2.40. The average Bonchev–Trinajstić information content (AvgIpc) is 4.14. The molecule has 8 rings (SSSR count). The molecule has 15 nitrogen and oxygen atoms in total. The largest absolute Gasteiger partial charge is 0.453 e.